The highest BCUT2D eigenvalue weighted by molar-refractivity contribution is 6.03. The topological polar surface area (TPSA) is 78.2 Å². The lowest BCUT2D eigenvalue weighted by molar-refractivity contribution is -0.133. The number of hydrazone groups is 1. The van der Waals surface area contributed by atoms with Gasteiger partial charge in [-0.2, -0.15) is 5.10 Å². The minimum Gasteiger partial charge on any atom is -0.467 e. The Balaban J connectivity index is 1.83. The van der Waals surface area contributed by atoms with Crippen LogP contribution in [0.15, 0.2) is 46.1 Å². The van der Waals surface area contributed by atoms with Gasteiger partial charge in [-0.1, -0.05) is 12.1 Å². The van der Waals surface area contributed by atoms with Crippen LogP contribution in [-0.4, -0.2) is 47.2 Å². The third-order valence-electron chi connectivity index (χ3n) is 5.01. The quantitative estimate of drug-likeness (QED) is 0.838. The second-order valence-electron chi connectivity index (χ2n) is 7.78. The standard InChI is InChI=1S/C22H28N4O3/c1-14(2)23-22(28)25(5)13-21(27)26-19(20-7-6-10-29-20)12-18(24-26)17-9-8-15(3)16(4)11-17/h6-11,14,19H,12-13H2,1-5H3,(H,23,28). The summed E-state index contributed by atoms with van der Waals surface area (Å²) in [7, 11) is 1.60. The molecule has 1 aliphatic heterocycles. The van der Waals surface area contributed by atoms with Gasteiger partial charge >= 0.3 is 6.03 Å². The van der Waals surface area contributed by atoms with Gasteiger partial charge < -0.3 is 14.6 Å². The van der Waals surface area contributed by atoms with Crippen molar-refractivity contribution in [1.29, 1.82) is 0 Å². The third-order valence-corrected chi connectivity index (χ3v) is 5.01. The molecule has 1 atom stereocenters. The van der Waals surface area contributed by atoms with Crippen LogP contribution in [0, 0.1) is 13.8 Å². The monoisotopic (exact) mass is 396 g/mol. The number of benzene rings is 1. The average molecular weight is 396 g/mol. The molecule has 0 radical (unpaired) electrons. The first kappa shape index (κ1) is 20.6. The van der Waals surface area contributed by atoms with E-state index in [-0.39, 0.29) is 30.6 Å². The first-order chi connectivity index (χ1) is 13.8. The molecule has 0 saturated carbocycles. The molecule has 7 nitrogen and oxygen atoms in total. The first-order valence-electron chi connectivity index (χ1n) is 9.78. The van der Waals surface area contributed by atoms with Crippen LogP contribution in [0.5, 0.6) is 0 Å². The Bertz CT molecular complexity index is 918. The maximum Gasteiger partial charge on any atom is 0.317 e. The maximum atomic E-state index is 13.0. The van der Waals surface area contributed by atoms with E-state index < -0.39 is 0 Å². The van der Waals surface area contributed by atoms with E-state index in [1.165, 1.54) is 21.0 Å². The van der Waals surface area contributed by atoms with Gasteiger partial charge in [0.2, 0.25) is 0 Å². The molecule has 7 heteroatoms. The molecular formula is C22H28N4O3. The number of urea groups is 1. The van der Waals surface area contributed by atoms with Crippen molar-refractivity contribution in [3.63, 3.8) is 0 Å². The Hall–Kier alpha value is -3.09. The summed E-state index contributed by atoms with van der Waals surface area (Å²) < 4.78 is 5.57. The molecule has 0 bridgehead atoms. The van der Waals surface area contributed by atoms with E-state index in [4.69, 9.17) is 4.42 Å². The summed E-state index contributed by atoms with van der Waals surface area (Å²) in [6.07, 6.45) is 2.15. The lowest BCUT2D eigenvalue weighted by Crippen LogP contribution is -2.45. The fourth-order valence-corrected chi connectivity index (χ4v) is 3.24. The minimum absolute atomic E-state index is 0.00268. The average Bonchev–Trinajstić information content (AvgIpc) is 3.32. The van der Waals surface area contributed by atoms with E-state index in [0.29, 0.717) is 12.2 Å². The van der Waals surface area contributed by atoms with Crippen LogP contribution in [0.25, 0.3) is 0 Å². The van der Waals surface area contributed by atoms with Gasteiger partial charge in [0.05, 0.1) is 12.0 Å². The molecule has 2 aromatic rings. The molecule has 0 aliphatic carbocycles. The highest BCUT2D eigenvalue weighted by Gasteiger charge is 2.35. The van der Waals surface area contributed by atoms with Crippen molar-refractivity contribution in [2.24, 2.45) is 5.10 Å². The van der Waals surface area contributed by atoms with Gasteiger partial charge in [0.1, 0.15) is 18.3 Å². The molecule has 1 aliphatic rings. The number of hydrogen-bond donors (Lipinski definition) is 1. The van der Waals surface area contributed by atoms with Crippen LogP contribution >= 0.6 is 0 Å². The fraction of sp³-hybridized carbons (Fsp3) is 0.409. The molecule has 2 heterocycles. The van der Waals surface area contributed by atoms with Crippen molar-refractivity contribution in [2.45, 2.75) is 46.2 Å². The van der Waals surface area contributed by atoms with E-state index in [2.05, 4.69) is 36.4 Å². The lowest BCUT2D eigenvalue weighted by atomic mass is 9.99. The van der Waals surface area contributed by atoms with Crippen LogP contribution in [0.1, 0.15) is 48.8 Å². The zero-order valence-electron chi connectivity index (χ0n) is 17.6. The molecule has 1 unspecified atom stereocenters. The second kappa shape index (κ2) is 8.51. The van der Waals surface area contributed by atoms with Gasteiger partial charge in [-0.15, -0.1) is 0 Å². The Morgan fingerprint density at radius 3 is 2.66 bits per heavy atom. The molecule has 154 valence electrons. The smallest absolute Gasteiger partial charge is 0.317 e. The number of furan rings is 1. The van der Waals surface area contributed by atoms with Crippen LogP contribution in [0.3, 0.4) is 0 Å². The summed E-state index contributed by atoms with van der Waals surface area (Å²) in [5.74, 6) is 0.418. The number of rotatable bonds is 5. The van der Waals surface area contributed by atoms with Crippen LogP contribution in [-0.2, 0) is 4.79 Å². The Labute approximate surface area is 171 Å². The number of carbonyl (C=O) groups is 2. The van der Waals surface area contributed by atoms with E-state index in [1.807, 2.05) is 26.0 Å². The number of hydrogen-bond acceptors (Lipinski definition) is 4. The van der Waals surface area contributed by atoms with Gasteiger partial charge in [-0.05, 0) is 62.6 Å². The summed E-state index contributed by atoms with van der Waals surface area (Å²) in [6, 6.07) is 9.20. The van der Waals surface area contributed by atoms with Crippen LogP contribution < -0.4 is 5.32 Å². The van der Waals surface area contributed by atoms with Gasteiger partial charge in [0, 0.05) is 19.5 Å². The van der Waals surface area contributed by atoms with Gasteiger partial charge in [0.25, 0.3) is 5.91 Å². The van der Waals surface area contributed by atoms with E-state index >= 15 is 0 Å². The van der Waals surface area contributed by atoms with Crippen molar-refractivity contribution >= 4 is 17.6 Å². The SMILES string of the molecule is Cc1ccc(C2=NN(C(=O)CN(C)C(=O)NC(C)C)C(c3ccco3)C2)cc1C. The number of nitrogens with zero attached hydrogens (tertiary/aromatic N) is 3. The highest BCUT2D eigenvalue weighted by atomic mass is 16.3. The Morgan fingerprint density at radius 1 is 1.28 bits per heavy atom. The number of nitrogens with one attached hydrogen (secondary N) is 1. The lowest BCUT2D eigenvalue weighted by Gasteiger charge is -2.24. The first-order valence-corrected chi connectivity index (χ1v) is 9.78. The predicted octanol–water partition coefficient (Wildman–Crippen LogP) is 3.62. The number of carbonyl (C=O) groups excluding carboxylic acids is 2. The normalized spacial score (nSPS) is 16.1. The summed E-state index contributed by atoms with van der Waals surface area (Å²) in [5, 5.41) is 8.85. The van der Waals surface area contributed by atoms with Crippen molar-refractivity contribution < 1.29 is 14.0 Å². The van der Waals surface area contributed by atoms with Crippen molar-refractivity contribution in [3.8, 4) is 0 Å². The molecule has 1 aromatic carbocycles. The van der Waals surface area contributed by atoms with E-state index in [9.17, 15) is 9.59 Å². The van der Waals surface area contributed by atoms with E-state index in [0.717, 1.165) is 11.3 Å². The predicted molar refractivity (Wildman–Crippen MR) is 112 cm³/mol. The molecule has 0 saturated heterocycles. The van der Waals surface area contributed by atoms with Crippen LogP contribution in [0.4, 0.5) is 4.79 Å². The highest BCUT2D eigenvalue weighted by Crippen LogP contribution is 2.33. The van der Waals surface area contributed by atoms with Gasteiger partial charge in [0.15, 0.2) is 0 Å². The molecule has 0 fully saturated rings. The maximum absolute atomic E-state index is 13.0. The third kappa shape index (κ3) is 4.67. The van der Waals surface area contributed by atoms with Crippen molar-refractivity contribution in [1.82, 2.24) is 15.2 Å². The zero-order valence-corrected chi connectivity index (χ0v) is 17.6. The summed E-state index contributed by atoms with van der Waals surface area (Å²) >= 11 is 0. The number of amides is 3. The summed E-state index contributed by atoms with van der Waals surface area (Å²) in [6.45, 7) is 7.81. The zero-order chi connectivity index (χ0) is 21.1. The molecule has 3 amide bonds. The molecule has 1 aromatic heterocycles. The fourth-order valence-electron chi connectivity index (χ4n) is 3.24. The molecule has 1 N–H and O–H groups in total. The second-order valence-corrected chi connectivity index (χ2v) is 7.78. The summed E-state index contributed by atoms with van der Waals surface area (Å²) in [5.41, 5.74) is 4.21. The Morgan fingerprint density at radius 2 is 2.03 bits per heavy atom. The van der Waals surface area contributed by atoms with Crippen LogP contribution in [0.2, 0.25) is 0 Å². The summed E-state index contributed by atoms with van der Waals surface area (Å²) in [4.78, 5) is 26.5. The molecule has 3 rings (SSSR count). The minimum atomic E-state index is -0.323. The van der Waals surface area contributed by atoms with Gasteiger partial charge in [-0.25, -0.2) is 9.80 Å². The van der Waals surface area contributed by atoms with Gasteiger partial charge in [-0.3, -0.25) is 4.79 Å². The number of likely N-dealkylation sites (N-methyl/N-ethyl adjacent to an activating group) is 1. The molecule has 29 heavy (non-hydrogen) atoms. The van der Waals surface area contributed by atoms with E-state index in [1.54, 1.807) is 19.4 Å². The molecular weight excluding hydrogens is 368 g/mol. The van der Waals surface area contributed by atoms with Crippen molar-refractivity contribution in [3.05, 3.63) is 59.0 Å². The number of aryl methyl sites for hydroxylation is 2. The van der Waals surface area contributed by atoms with Crippen molar-refractivity contribution in [2.75, 3.05) is 13.6 Å². The Kier molecular flexibility index (Phi) is 6.06. The largest absolute Gasteiger partial charge is 0.467 e. The molecule has 0 spiro atoms.